The number of fused-ring (bicyclic) bond motifs is 1. The summed E-state index contributed by atoms with van der Waals surface area (Å²) < 4.78 is 1.92. The number of hydrogen-bond acceptors (Lipinski definition) is 4. The van der Waals surface area contributed by atoms with Gasteiger partial charge in [0.25, 0.3) is 5.91 Å². The van der Waals surface area contributed by atoms with Crippen molar-refractivity contribution in [1.29, 1.82) is 0 Å². The van der Waals surface area contributed by atoms with Gasteiger partial charge in [-0.2, -0.15) is 0 Å². The molecule has 7 heteroatoms. The van der Waals surface area contributed by atoms with Gasteiger partial charge >= 0.3 is 0 Å². The second kappa shape index (κ2) is 6.11. The lowest BCUT2D eigenvalue weighted by Crippen LogP contribution is -2.27. The number of aromatic nitrogens is 2. The highest BCUT2D eigenvalue weighted by atomic mass is 35.5. The largest absolute Gasteiger partial charge is 0.359 e. The van der Waals surface area contributed by atoms with E-state index in [9.17, 15) is 4.79 Å². The maximum Gasteiger partial charge on any atom is 0.262 e. The predicted molar refractivity (Wildman–Crippen MR) is 77.2 cm³/mol. The number of nitrogens with one attached hydrogen (secondary N) is 2. The van der Waals surface area contributed by atoms with Crippen LogP contribution in [0, 0.1) is 5.92 Å². The molecule has 1 amide bonds. The number of halogens is 1. The van der Waals surface area contributed by atoms with E-state index in [0.29, 0.717) is 16.8 Å². The molecule has 0 aromatic carbocycles. The minimum atomic E-state index is -0.518. The van der Waals surface area contributed by atoms with E-state index in [-0.39, 0.29) is 6.54 Å². The Kier molecular flexibility index (Phi) is 4.46. The smallest absolute Gasteiger partial charge is 0.262 e. The molecule has 0 unspecified atom stereocenters. The summed E-state index contributed by atoms with van der Waals surface area (Å²) in [5.74, 6) is 0.543. The molecule has 0 atom stereocenters. The van der Waals surface area contributed by atoms with Crippen LogP contribution in [0.3, 0.4) is 0 Å². The number of nitrogens with zero attached hydrogens (tertiary/aromatic N) is 2. The Labute approximate surface area is 121 Å². The second-order valence-corrected chi connectivity index (χ2v) is 5.41. The number of imidazole rings is 1. The zero-order valence-electron chi connectivity index (χ0n) is 11.4. The molecule has 0 saturated carbocycles. The third-order valence-electron chi connectivity index (χ3n) is 2.82. The number of carbonyl (C=O) groups is 1. The molecule has 2 rings (SSSR count). The topological polar surface area (TPSA) is 78.7 Å². The van der Waals surface area contributed by atoms with Gasteiger partial charge in [-0.1, -0.05) is 25.4 Å². The van der Waals surface area contributed by atoms with Crippen LogP contribution in [0.2, 0.25) is 5.02 Å². The predicted octanol–water partition coefficient (Wildman–Crippen LogP) is 2.10. The second-order valence-electron chi connectivity index (χ2n) is 4.97. The molecule has 0 aliphatic carbocycles. The summed E-state index contributed by atoms with van der Waals surface area (Å²) in [6.45, 7) is 4.17. The molecule has 3 N–H and O–H groups in total. The number of hydroxylamine groups is 1. The molecule has 0 fully saturated rings. The first-order valence-corrected chi connectivity index (χ1v) is 6.72. The third-order valence-corrected chi connectivity index (χ3v) is 3.05. The molecule has 0 spiro atoms. The van der Waals surface area contributed by atoms with E-state index in [1.165, 1.54) is 0 Å². The number of hydrogen-bond donors (Lipinski definition) is 3. The van der Waals surface area contributed by atoms with E-state index < -0.39 is 5.91 Å². The first-order chi connectivity index (χ1) is 9.51. The number of amides is 1. The Balaban J connectivity index is 2.38. The van der Waals surface area contributed by atoms with E-state index in [1.54, 1.807) is 17.7 Å². The molecule has 0 radical (unpaired) electrons. The van der Waals surface area contributed by atoms with Crippen LogP contribution in [0.25, 0.3) is 5.65 Å². The van der Waals surface area contributed by atoms with Crippen LogP contribution in [0.15, 0.2) is 18.3 Å². The van der Waals surface area contributed by atoms with Gasteiger partial charge in [0.15, 0.2) is 0 Å². The summed E-state index contributed by atoms with van der Waals surface area (Å²) in [5, 5.41) is 12.1. The van der Waals surface area contributed by atoms with E-state index >= 15 is 0 Å². The van der Waals surface area contributed by atoms with Crippen molar-refractivity contribution in [2.75, 3.05) is 11.9 Å². The van der Waals surface area contributed by atoms with Gasteiger partial charge in [0.1, 0.15) is 11.5 Å². The lowest BCUT2D eigenvalue weighted by molar-refractivity contribution is -0.127. The van der Waals surface area contributed by atoms with Gasteiger partial charge in [-0.05, 0) is 24.5 Å². The molecular formula is C13H17ClN4O2. The van der Waals surface area contributed by atoms with Crippen LogP contribution in [0.1, 0.15) is 19.5 Å². The molecule has 2 aromatic heterocycles. The van der Waals surface area contributed by atoms with Crippen LogP contribution in [0.5, 0.6) is 0 Å². The lowest BCUT2D eigenvalue weighted by Gasteiger charge is -2.09. The Bertz CT molecular complexity index is 624. The monoisotopic (exact) mass is 296 g/mol. The van der Waals surface area contributed by atoms with Crippen molar-refractivity contribution < 1.29 is 10.0 Å². The molecule has 0 saturated heterocycles. The third kappa shape index (κ3) is 3.20. The Hall–Kier alpha value is -1.79. The van der Waals surface area contributed by atoms with Crippen LogP contribution in [-0.2, 0) is 11.2 Å². The molecular weight excluding hydrogens is 280 g/mol. The molecule has 20 heavy (non-hydrogen) atoms. The first-order valence-electron chi connectivity index (χ1n) is 6.34. The average Bonchev–Trinajstić information content (AvgIpc) is 2.73. The maximum atomic E-state index is 11.1. The molecule has 0 aliphatic heterocycles. The zero-order valence-corrected chi connectivity index (χ0v) is 12.1. The van der Waals surface area contributed by atoms with E-state index in [1.807, 2.05) is 10.5 Å². The first kappa shape index (κ1) is 14.6. The minimum absolute atomic E-state index is 0.0425. The molecule has 0 aliphatic rings. The molecule has 108 valence electrons. The van der Waals surface area contributed by atoms with Crippen LogP contribution >= 0.6 is 11.6 Å². The number of carbonyl (C=O) groups excluding carboxylic acids is 1. The van der Waals surface area contributed by atoms with Crippen LogP contribution in [0.4, 0.5) is 5.82 Å². The van der Waals surface area contributed by atoms with E-state index in [0.717, 1.165) is 17.8 Å². The van der Waals surface area contributed by atoms with Crippen molar-refractivity contribution in [3.8, 4) is 0 Å². The molecule has 2 aromatic rings. The Morgan fingerprint density at radius 2 is 2.25 bits per heavy atom. The lowest BCUT2D eigenvalue weighted by atomic mass is 10.1. The summed E-state index contributed by atoms with van der Waals surface area (Å²) in [6, 6.07) is 3.59. The highest BCUT2D eigenvalue weighted by Crippen LogP contribution is 2.22. The summed E-state index contributed by atoms with van der Waals surface area (Å²) in [5.41, 5.74) is 3.30. The van der Waals surface area contributed by atoms with Crippen molar-refractivity contribution in [2.45, 2.75) is 20.3 Å². The van der Waals surface area contributed by atoms with Crippen molar-refractivity contribution >= 4 is 29.0 Å². The van der Waals surface area contributed by atoms with Crippen LogP contribution in [-0.4, -0.2) is 27.0 Å². The van der Waals surface area contributed by atoms with Gasteiger partial charge in [0.2, 0.25) is 0 Å². The van der Waals surface area contributed by atoms with Crippen molar-refractivity contribution in [3.63, 3.8) is 0 Å². The molecule has 2 heterocycles. The van der Waals surface area contributed by atoms with Gasteiger partial charge < -0.3 is 9.72 Å². The van der Waals surface area contributed by atoms with Gasteiger partial charge in [0, 0.05) is 6.20 Å². The number of anilines is 1. The fourth-order valence-electron chi connectivity index (χ4n) is 1.99. The van der Waals surface area contributed by atoms with Crippen molar-refractivity contribution in [3.05, 3.63) is 29.0 Å². The standard InChI is InChI=1S/C13H17ClN4O2/c1-8(2)5-10-13(15-6-12(19)17-20)16-11-4-3-9(14)7-18(10)11/h3-4,7-8,15,20H,5-6H2,1-2H3,(H,17,19). The van der Waals surface area contributed by atoms with Gasteiger partial charge in [-0.3, -0.25) is 10.0 Å². The fraction of sp³-hybridized carbons (Fsp3) is 0.385. The summed E-state index contributed by atoms with van der Waals surface area (Å²) in [7, 11) is 0. The summed E-state index contributed by atoms with van der Waals surface area (Å²) in [6.07, 6.45) is 2.60. The van der Waals surface area contributed by atoms with Crippen molar-refractivity contribution in [2.24, 2.45) is 5.92 Å². The van der Waals surface area contributed by atoms with E-state index in [4.69, 9.17) is 16.8 Å². The highest BCUT2D eigenvalue weighted by Gasteiger charge is 2.14. The Morgan fingerprint density at radius 1 is 1.50 bits per heavy atom. The maximum absolute atomic E-state index is 11.1. The van der Waals surface area contributed by atoms with Gasteiger partial charge in [-0.25, -0.2) is 10.5 Å². The van der Waals surface area contributed by atoms with Crippen LogP contribution < -0.4 is 10.8 Å². The quantitative estimate of drug-likeness (QED) is 0.583. The van der Waals surface area contributed by atoms with Gasteiger partial charge in [-0.15, -0.1) is 0 Å². The van der Waals surface area contributed by atoms with Gasteiger partial charge in [0.05, 0.1) is 17.3 Å². The fourth-order valence-corrected chi connectivity index (χ4v) is 2.15. The summed E-state index contributed by atoms with van der Waals surface area (Å²) in [4.78, 5) is 15.6. The van der Waals surface area contributed by atoms with Crippen molar-refractivity contribution in [1.82, 2.24) is 14.9 Å². The van der Waals surface area contributed by atoms with E-state index in [2.05, 4.69) is 24.1 Å². The number of pyridine rings is 1. The SMILES string of the molecule is CC(C)Cc1c(NCC(=O)NO)nc2ccc(Cl)cn12. The number of rotatable bonds is 5. The Morgan fingerprint density at radius 3 is 2.90 bits per heavy atom. The molecule has 6 nitrogen and oxygen atoms in total. The average molecular weight is 297 g/mol. The zero-order chi connectivity index (χ0) is 14.7. The summed E-state index contributed by atoms with van der Waals surface area (Å²) >= 11 is 6.02. The molecule has 0 bridgehead atoms. The minimum Gasteiger partial charge on any atom is -0.359 e. The normalized spacial score (nSPS) is 11.1. The highest BCUT2D eigenvalue weighted by molar-refractivity contribution is 6.30.